The molecule has 0 amide bonds. The lowest BCUT2D eigenvalue weighted by Gasteiger charge is -2.10. The van der Waals surface area contributed by atoms with E-state index in [0.29, 0.717) is 17.1 Å². The average Bonchev–Trinajstić information content (AvgIpc) is 2.78. The lowest BCUT2D eigenvalue weighted by atomic mass is 9.95. The van der Waals surface area contributed by atoms with Crippen molar-refractivity contribution in [3.8, 4) is 5.75 Å². The minimum atomic E-state index is 0.394. The number of fused-ring (bicyclic) bond motifs is 2. The molecule has 2 aliphatic carbocycles. The van der Waals surface area contributed by atoms with Gasteiger partial charge in [-0.3, -0.25) is 0 Å². The van der Waals surface area contributed by atoms with Crippen LogP contribution in [0.15, 0.2) is 18.2 Å². The Hall–Kier alpha value is -1.02. The Morgan fingerprint density at radius 1 is 1.50 bits per heavy atom. The van der Waals surface area contributed by atoms with E-state index in [4.69, 9.17) is 5.73 Å². The maximum Gasteiger partial charge on any atom is 0.115 e. The number of hydrogen-bond acceptors (Lipinski definition) is 2. The monoisotopic (exact) mass is 189 g/mol. The van der Waals surface area contributed by atoms with Gasteiger partial charge in [-0.25, -0.2) is 0 Å². The van der Waals surface area contributed by atoms with Gasteiger partial charge in [-0.1, -0.05) is 6.07 Å². The molecule has 0 bridgehead atoms. The van der Waals surface area contributed by atoms with Gasteiger partial charge < -0.3 is 10.8 Å². The van der Waals surface area contributed by atoms with Crippen LogP contribution in [0.4, 0.5) is 0 Å². The first-order valence-corrected chi connectivity index (χ1v) is 5.29. The van der Waals surface area contributed by atoms with Crippen molar-refractivity contribution in [2.24, 2.45) is 11.7 Å². The van der Waals surface area contributed by atoms with E-state index in [2.05, 4.69) is 6.07 Å². The summed E-state index contributed by atoms with van der Waals surface area (Å²) in [5.74, 6) is 1.08. The van der Waals surface area contributed by atoms with Crippen LogP contribution in [0, 0.1) is 5.92 Å². The Balaban J connectivity index is 2.04. The van der Waals surface area contributed by atoms with Crippen molar-refractivity contribution in [2.75, 3.05) is 6.54 Å². The van der Waals surface area contributed by atoms with E-state index in [1.165, 1.54) is 24.0 Å². The van der Waals surface area contributed by atoms with Crippen molar-refractivity contribution in [1.82, 2.24) is 0 Å². The van der Waals surface area contributed by atoms with Crippen LogP contribution < -0.4 is 5.73 Å². The number of hydrogen-bond donors (Lipinski definition) is 2. The molecule has 1 aromatic carbocycles. The SMILES string of the molecule is NCC1CC12CCc1cc(O)ccc12. The maximum atomic E-state index is 9.39. The van der Waals surface area contributed by atoms with Crippen LogP contribution in [0.1, 0.15) is 24.0 Å². The third-order valence-corrected chi connectivity index (χ3v) is 3.98. The van der Waals surface area contributed by atoms with Crippen LogP contribution in [0.3, 0.4) is 0 Å². The fourth-order valence-electron chi connectivity index (χ4n) is 3.09. The summed E-state index contributed by atoms with van der Waals surface area (Å²) in [5, 5.41) is 9.39. The number of nitrogens with two attached hydrogens (primary N) is 1. The number of phenolic OH excluding ortho intramolecular Hbond substituents is 1. The number of aryl methyl sites for hydroxylation is 1. The molecular formula is C12H15NO. The van der Waals surface area contributed by atoms with Crippen molar-refractivity contribution in [1.29, 1.82) is 0 Å². The molecular weight excluding hydrogens is 174 g/mol. The highest BCUT2D eigenvalue weighted by Crippen LogP contribution is 2.61. The highest BCUT2D eigenvalue weighted by molar-refractivity contribution is 5.48. The molecule has 2 atom stereocenters. The molecule has 74 valence electrons. The second-order valence-electron chi connectivity index (χ2n) is 4.63. The molecule has 1 spiro atoms. The first kappa shape index (κ1) is 8.30. The third kappa shape index (κ3) is 0.894. The fraction of sp³-hybridized carbons (Fsp3) is 0.500. The molecule has 0 heterocycles. The largest absolute Gasteiger partial charge is 0.508 e. The van der Waals surface area contributed by atoms with Crippen LogP contribution >= 0.6 is 0 Å². The summed E-state index contributed by atoms with van der Waals surface area (Å²) < 4.78 is 0. The van der Waals surface area contributed by atoms with Crippen LogP contribution in [0.5, 0.6) is 5.75 Å². The molecule has 0 aromatic heterocycles. The third-order valence-electron chi connectivity index (χ3n) is 3.98. The van der Waals surface area contributed by atoms with Crippen molar-refractivity contribution < 1.29 is 5.11 Å². The lowest BCUT2D eigenvalue weighted by molar-refractivity contribution is 0.474. The minimum Gasteiger partial charge on any atom is -0.508 e. The molecule has 3 N–H and O–H groups in total. The van der Waals surface area contributed by atoms with Gasteiger partial charge in [0.25, 0.3) is 0 Å². The topological polar surface area (TPSA) is 46.2 Å². The predicted octanol–water partition coefficient (Wildman–Crippen LogP) is 1.55. The zero-order valence-electron chi connectivity index (χ0n) is 8.16. The van der Waals surface area contributed by atoms with Crippen LogP contribution in [0.25, 0.3) is 0 Å². The van der Waals surface area contributed by atoms with E-state index in [1.54, 1.807) is 6.07 Å². The number of benzene rings is 1. The standard InChI is InChI=1S/C12H15NO/c13-7-9-6-12(9)4-3-8-5-10(14)1-2-11(8)12/h1-2,5,9,14H,3-4,6-7,13H2. The number of aromatic hydroxyl groups is 1. The Morgan fingerprint density at radius 3 is 3.07 bits per heavy atom. The summed E-state index contributed by atoms with van der Waals surface area (Å²) in [5.41, 5.74) is 8.91. The van der Waals surface area contributed by atoms with E-state index in [0.717, 1.165) is 13.0 Å². The lowest BCUT2D eigenvalue weighted by Crippen LogP contribution is -2.12. The van der Waals surface area contributed by atoms with Gasteiger partial charge in [-0.2, -0.15) is 0 Å². The molecule has 0 saturated heterocycles. The molecule has 3 rings (SSSR count). The maximum absolute atomic E-state index is 9.39. The van der Waals surface area contributed by atoms with Gasteiger partial charge >= 0.3 is 0 Å². The van der Waals surface area contributed by atoms with Crippen LogP contribution in [0.2, 0.25) is 0 Å². The van der Waals surface area contributed by atoms with Crippen LogP contribution in [-0.4, -0.2) is 11.7 Å². The fourth-order valence-corrected chi connectivity index (χ4v) is 3.09. The van der Waals surface area contributed by atoms with Crippen molar-refractivity contribution in [3.63, 3.8) is 0 Å². The molecule has 0 radical (unpaired) electrons. The van der Waals surface area contributed by atoms with Gasteiger partial charge in [-0.15, -0.1) is 0 Å². The molecule has 2 unspecified atom stereocenters. The quantitative estimate of drug-likeness (QED) is 0.704. The zero-order valence-corrected chi connectivity index (χ0v) is 8.16. The summed E-state index contributed by atoms with van der Waals surface area (Å²) in [6, 6.07) is 5.81. The molecule has 1 fully saturated rings. The minimum absolute atomic E-state index is 0.394. The second-order valence-corrected chi connectivity index (χ2v) is 4.63. The van der Waals surface area contributed by atoms with Gasteiger partial charge in [0.15, 0.2) is 0 Å². The normalized spacial score (nSPS) is 33.4. The average molecular weight is 189 g/mol. The molecule has 1 aromatic rings. The van der Waals surface area contributed by atoms with Gasteiger partial charge in [0.2, 0.25) is 0 Å². The Kier molecular flexibility index (Phi) is 1.49. The smallest absolute Gasteiger partial charge is 0.115 e. The van der Waals surface area contributed by atoms with Gasteiger partial charge in [0.05, 0.1) is 0 Å². The summed E-state index contributed by atoms with van der Waals surface area (Å²) in [6.45, 7) is 0.806. The second kappa shape index (κ2) is 2.51. The van der Waals surface area contributed by atoms with E-state index in [1.807, 2.05) is 6.07 Å². The molecule has 1 saturated carbocycles. The molecule has 14 heavy (non-hydrogen) atoms. The van der Waals surface area contributed by atoms with E-state index < -0.39 is 0 Å². The first-order valence-electron chi connectivity index (χ1n) is 5.29. The first-order chi connectivity index (χ1) is 6.76. The highest BCUT2D eigenvalue weighted by Gasteiger charge is 2.56. The molecule has 2 aliphatic rings. The zero-order chi connectivity index (χ0) is 9.76. The number of rotatable bonds is 1. The molecule has 2 nitrogen and oxygen atoms in total. The van der Waals surface area contributed by atoms with Gasteiger partial charge in [0.1, 0.15) is 5.75 Å². The van der Waals surface area contributed by atoms with Crippen LogP contribution in [-0.2, 0) is 11.8 Å². The predicted molar refractivity (Wildman–Crippen MR) is 55.3 cm³/mol. The Morgan fingerprint density at radius 2 is 2.36 bits per heavy atom. The van der Waals surface area contributed by atoms with Crippen molar-refractivity contribution >= 4 is 0 Å². The van der Waals surface area contributed by atoms with E-state index in [9.17, 15) is 5.11 Å². The highest BCUT2D eigenvalue weighted by atomic mass is 16.3. The van der Waals surface area contributed by atoms with E-state index in [-0.39, 0.29) is 0 Å². The summed E-state index contributed by atoms with van der Waals surface area (Å²) in [6.07, 6.45) is 3.59. The summed E-state index contributed by atoms with van der Waals surface area (Å²) in [7, 11) is 0. The van der Waals surface area contributed by atoms with Crippen molar-refractivity contribution in [3.05, 3.63) is 29.3 Å². The Bertz CT molecular complexity index is 388. The van der Waals surface area contributed by atoms with E-state index >= 15 is 0 Å². The van der Waals surface area contributed by atoms with Gasteiger partial charge in [0, 0.05) is 5.41 Å². The summed E-state index contributed by atoms with van der Waals surface area (Å²) in [4.78, 5) is 0. The Labute approximate surface area is 83.7 Å². The van der Waals surface area contributed by atoms with Crippen molar-refractivity contribution in [2.45, 2.75) is 24.7 Å². The molecule has 2 heteroatoms. The molecule has 0 aliphatic heterocycles. The van der Waals surface area contributed by atoms with Gasteiger partial charge in [-0.05, 0) is 55.0 Å². The summed E-state index contributed by atoms with van der Waals surface area (Å²) >= 11 is 0. The number of phenols is 1.